The van der Waals surface area contributed by atoms with Gasteiger partial charge in [-0.25, -0.2) is 0 Å². The van der Waals surface area contributed by atoms with Gasteiger partial charge in [-0.05, 0) is 0 Å². The average Bonchev–Trinajstić information content (AvgIpc) is 2.05. The summed E-state index contributed by atoms with van der Waals surface area (Å²) in [6.45, 7) is -0.270. The molecule has 1 fully saturated rings. The van der Waals surface area contributed by atoms with E-state index >= 15 is 0 Å². The zero-order valence-electron chi connectivity index (χ0n) is 6.88. The zero-order valence-corrected chi connectivity index (χ0v) is 6.88. The second kappa shape index (κ2) is 4.15. The molecule has 1 rings (SSSR count). The van der Waals surface area contributed by atoms with Crippen molar-refractivity contribution in [2.45, 2.75) is 31.0 Å². The lowest BCUT2D eigenvalue weighted by Gasteiger charge is -2.35. The highest BCUT2D eigenvalue weighted by atomic mass is 16.7. The Morgan fingerprint density at radius 3 is 2.58 bits per heavy atom. The van der Waals surface area contributed by atoms with E-state index in [4.69, 9.17) is 14.6 Å². The van der Waals surface area contributed by atoms with E-state index in [1.54, 1.807) is 0 Å². The molecule has 1 saturated heterocycles. The Kier molecular flexibility index (Phi) is 3.42. The van der Waals surface area contributed by atoms with Gasteiger partial charge in [0.1, 0.15) is 12.2 Å². The molecule has 1 aliphatic heterocycles. The standard InChI is InChI=1S/C7H14O5/c1-11-7-5(10)2-4(9)6(3-8)12-7/h4-10H,2-3H2,1H3/t4-,5+,6-,7+/m0/s1. The largest absolute Gasteiger partial charge is 0.394 e. The van der Waals surface area contributed by atoms with Crippen molar-refractivity contribution in [2.24, 2.45) is 0 Å². The fraction of sp³-hybridized carbons (Fsp3) is 1.00. The minimum absolute atomic E-state index is 0.170. The predicted octanol–water partition coefficient (Wildman–Crippen LogP) is -1.54. The van der Waals surface area contributed by atoms with Crippen molar-refractivity contribution in [3.05, 3.63) is 0 Å². The van der Waals surface area contributed by atoms with Gasteiger partial charge in [-0.15, -0.1) is 0 Å². The van der Waals surface area contributed by atoms with Gasteiger partial charge in [0.15, 0.2) is 6.29 Å². The lowest BCUT2D eigenvalue weighted by molar-refractivity contribution is -0.261. The van der Waals surface area contributed by atoms with Crippen LogP contribution in [0, 0.1) is 0 Å². The lowest BCUT2D eigenvalue weighted by atomic mass is 10.0. The first-order valence-electron chi connectivity index (χ1n) is 3.84. The molecule has 0 bridgehead atoms. The van der Waals surface area contributed by atoms with Crippen molar-refractivity contribution in [3.8, 4) is 0 Å². The number of ether oxygens (including phenoxy) is 2. The van der Waals surface area contributed by atoms with Crippen LogP contribution in [0.15, 0.2) is 0 Å². The Labute approximate surface area is 70.5 Å². The van der Waals surface area contributed by atoms with E-state index in [1.807, 2.05) is 0 Å². The maximum atomic E-state index is 9.26. The molecule has 72 valence electrons. The molecule has 1 heterocycles. The molecule has 5 heteroatoms. The van der Waals surface area contributed by atoms with Gasteiger partial charge < -0.3 is 24.8 Å². The van der Waals surface area contributed by atoms with Crippen LogP contribution in [0.2, 0.25) is 0 Å². The third-order valence-corrected chi connectivity index (χ3v) is 1.95. The van der Waals surface area contributed by atoms with Gasteiger partial charge in [0.2, 0.25) is 0 Å². The van der Waals surface area contributed by atoms with E-state index in [0.717, 1.165) is 0 Å². The van der Waals surface area contributed by atoms with Crippen LogP contribution in [0.25, 0.3) is 0 Å². The maximum absolute atomic E-state index is 9.26. The number of hydrogen-bond acceptors (Lipinski definition) is 5. The molecule has 0 spiro atoms. The quantitative estimate of drug-likeness (QED) is 0.477. The molecular formula is C7H14O5. The van der Waals surface area contributed by atoms with Gasteiger partial charge >= 0.3 is 0 Å². The summed E-state index contributed by atoms with van der Waals surface area (Å²) in [7, 11) is 1.40. The second-order valence-electron chi connectivity index (χ2n) is 2.83. The monoisotopic (exact) mass is 178 g/mol. The van der Waals surface area contributed by atoms with E-state index in [2.05, 4.69) is 0 Å². The lowest BCUT2D eigenvalue weighted by Crippen LogP contribution is -2.49. The Balaban J connectivity index is 2.50. The third-order valence-electron chi connectivity index (χ3n) is 1.95. The highest BCUT2D eigenvalue weighted by Gasteiger charge is 2.35. The summed E-state index contributed by atoms with van der Waals surface area (Å²) in [5, 5.41) is 27.3. The molecule has 0 radical (unpaired) electrons. The molecular weight excluding hydrogens is 164 g/mol. The van der Waals surface area contributed by atoms with Crippen molar-refractivity contribution in [2.75, 3.05) is 13.7 Å². The highest BCUT2D eigenvalue weighted by molar-refractivity contribution is 4.80. The van der Waals surface area contributed by atoms with Crippen LogP contribution in [0.3, 0.4) is 0 Å². The van der Waals surface area contributed by atoms with Crippen molar-refractivity contribution in [3.63, 3.8) is 0 Å². The van der Waals surface area contributed by atoms with E-state index in [-0.39, 0.29) is 13.0 Å². The fourth-order valence-electron chi connectivity index (χ4n) is 1.24. The minimum Gasteiger partial charge on any atom is -0.394 e. The molecule has 3 N–H and O–H groups in total. The van der Waals surface area contributed by atoms with Crippen LogP contribution >= 0.6 is 0 Å². The van der Waals surface area contributed by atoms with Crippen LogP contribution in [-0.4, -0.2) is 53.6 Å². The fourth-order valence-corrected chi connectivity index (χ4v) is 1.24. The van der Waals surface area contributed by atoms with Crippen LogP contribution < -0.4 is 0 Å². The molecule has 0 aromatic carbocycles. The Hall–Kier alpha value is -0.200. The minimum atomic E-state index is -0.826. The van der Waals surface area contributed by atoms with Gasteiger partial charge in [0, 0.05) is 13.5 Å². The zero-order chi connectivity index (χ0) is 9.14. The van der Waals surface area contributed by atoms with E-state index in [0.29, 0.717) is 0 Å². The number of hydrogen-bond donors (Lipinski definition) is 3. The summed E-state index contributed by atoms with van der Waals surface area (Å²) >= 11 is 0. The van der Waals surface area contributed by atoms with Gasteiger partial charge in [-0.1, -0.05) is 0 Å². The molecule has 0 aromatic heterocycles. The SMILES string of the molecule is CO[C@@H]1O[C@@H](CO)[C@@H](O)C[C@H]1O. The number of rotatable bonds is 2. The molecule has 0 unspecified atom stereocenters. The number of methoxy groups -OCH3 is 1. The Bertz CT molecular complexity index is 126. The Morgan fingerprint density at radius 2 is 2.08 bits per heavy atom. The highest BCUT2D eigenvalue weighted by Crippen LogP contribution is 2.20. The van der Waals surface area contributed by atoms with Crippen molar-refractivity contribution in [1.29, 1.82) is 0 Å². The summed E-state index contributed by atoms with van der Waals surface area (Å²) in [5.41, 5.74) is 0. The topological polar surface area (TPSA) is 79.2 Å². The smallest absolute Gasteiger partial charge is 0.183 e. The van der Waals surface area contributed by atoms with Crippen molar-refractivity contribution in [1.82, 2.24) is 0 Å². The first-order valence-corrected chi connectivity index (χ1v) is 3.84. The van der Waals surface area contributed by atoms with Gasteiger partial charge in [0.25, 0.3) is 0 Å². The normalized spacial score (nSPS) is 43.0. The molecule has 5 nitrogen and oxygen atoms in total. The average molecular weight is 178 g/mol. The van der Waals surface area contributed by atoms with Gasteiger partial charge in [-0.2, -0.15) is 0 Å². The third kappa shape index (κ3) is 1.94. The molecule has 1 aliphatic rings. The molecule has 0 aliphatic carbocycles. The summed E-state index contributed by atoms with van der Waals surface area (Å²) < 4.78 is 9.83. The molecule has 4 atom stereocenters. The van der Waals surface area contributed by atoms with Crippen LogP contribution in [0.5, 0.6) is 0 Å². The van der Waals surface area contributed by atoms with E-state index in [9.17, 15) is 10.2 Å². The first-order chi connectivity index (χ1) is 5.69. The van der Waals surface area contributed by atoms with E-state index in [1.165, 1.54) is 7.11 Å². The Morgan fingerprint density at radius 1 is 1.42 bits per heavy atom. The summed E-state index contributed by atoms with van der Waals surface area (Å²) in [6.07, 6.45) is -2.88. The predicted molar refractivity (Wildman–Crippen MR) is 39.4 cm³/mol. The van der Waals surface area contributed by atoms with Crippen LogP contribution in [0.4, 0.5) is 0 Å². The second-order valence-corrected chi connectivity index (χ2v) is 2.83. The van der Waals surface area contributed by atoms with Gasteiger partial charge in [-0.3, -0.25) is 0 Å². The molecule has 0 saturated carbocycles. The van der Waals surface area contributed by atoms with Crippen molar-refractivity contribution < 1.29 is 24.8 Å². The van der Waals surface area contributed by atoms with Gasteiger partial charge in [0.05, 0.1) is 12.7 Å². The number of aliphatic hydroxyl groups is 3. The molecule has 0 amide bonds. The maximum Gasteiger partial charge on any atom is 0.183 e. The summed E-state index contributed by atoms with van der Waals surface area (Å²) in [6, 6.07) is 0. The summed E-state index contributed by atoms with van der Waals surface area (Å²) in [5.74, 6) is 0. The van der Waals surface area contributed by atoms with E-state index < -0.39 is 24.6 Å². The number of aliphatic hydroxyl groups excluding tert-OH is 3. The molecule has 0 aromatic rings. The first kappa shape index (κ1) is 9.88. The van der Waals surface area contributed by atoms with Crippen molar-refractivity contribution >= 4 is 0 Å². The van der Waals surface area contributed by atoms with Crippen LogP contribution in [0.1, 0.15) is 6.42 Å². The summed E-state index contributed by atoms with van der Waals surface area (Å²) in [4.78, 5) is 0. The molecule has 12 heavy (non-hydrogen) atoms. The van der Waals surface area contributed by atoms with Crippen LogP contribution in [-0.2, 0) is 9.47 Å².